The molecule has 0 saturated heterocycles. The van der Waals surface area contributed by atoms with E-state index >= 15 is 0 Å². The largest absolute Gasteiger partial charge is 0.348 e. The van der Waals surface area contributed by atoms with Crippen LogP contribution >= 0.6 is 0 Å². The Morgan fingerprint density at radius 3 is 2.50 bits per heavy atom. The summed E-state index contributed by atoms with van der Waals surface area (Å²) >= 11 is 0. The lowest BCUT2D eigenvalue weighted by Crippen LogP contribution is -3.05. The third-order valence-corrected chi connectivity index (χ3v) is 3.20. The summed E-state index contributed by atoms with van der Waals surface area (Å²) < 4.78 is 0. The lowest BCUT2D eigenvalue weighted by atomic mass is 10.1. The van der Waals surface area contributed by atoms with Crippen molar-refractivity contribution in [1.82, 2.24) is 5.32 Å². The van der Waals surface area contributed by atoms with Crippen molar-refractivity contribution in [2.75, 3.05) is 32.5 Å². The highest BCUT2D eigenvalue weighted by molar-refractivity contribution is 6.39. The number of anilines is 1. The van der Waals surface area contributed by atoms with Gasteiger partial charge >= 0.3 is 11.8 Å². The van der Waals surface area contributed by atoms with Crippen LogP contribution in [-0.2, 0) is 9.59 Å². The Labute approximate surface area is 120 Å². The quantitative estimate of drug-likeness (QED) is 0.520. The minimum Gasteiger partial charge on any atom is -0.348 e. The van der Waals surface area contributed by atoms with E-state index in [0.717, 1.165) is 24.1 Å². The van der Waals surface area contributed by atoms with Gasteiger partial charge in [0.05, 0.1) is 20.6 Å². The van der Waals surface area contributed by atoms with Gasteiger partial charge in [0.2, 0.25) is 0 Å². The van der Waals surface area contributed by atoms with Gasteiger partial charge in [-0.2, -0.15) is 0 Å². The van der Waals surface area contributed by atoms with Crippen LogP contribution in [0.2, 0.25) is 0 Å². The minimum atomic E-state index is -0.615. The van der Waals surface area contributed by atoms with Crippen molar-refractivity contribution >= 4 is 17.5 Å². The van der Waals surface area contributed by atoms with E-state index in [2.05, 4.69) is 24.7 Å². The van der Waals surface area contributed by atoms with Crippen molar-refractivity contribution in [3.8, 4) is 0 Å². The van der Waals surface area contributed by atoms with Gasteiger partial charge in [-0.3, -0.25) is 9.59 Å². The lowest BCUT2D eigenvalue weighted by molar-refractivity contribution is -0.858. The van der Waals surface area contributed by atoms with E-state index in [1.807, 2.05) is 26.0 Å². The number of nitrogens with one attached hydrogen (secondary N) is 3. The summed E-state index contributed by atoms with van der Waals surface area (Å²) in [5, 5.41) is 5.27. The zero-order valence-corrected chi connectivity index (χ0v) is 12.7. The smallest absolute Gasteiger partial charge is 0.313 e. The van der Waals surface area contributed by atoms with Gasteiger partial charge in [-0.25, -0.2) is 0 Å². The third kappa shape index (κ3) is 5.01. The fraction of sp³-hybridized carbons (Fsp3) is 0.467. The molecule has 5 nitrogen and oxygen atoms in total. The van der Waals surface area contributed by atoms with Crippen LogP contribution in [0.15, 0.2) is 18.2 Å². The number of hydrogen-bond acceptors (Lipinski definition) is 2. The van der Waals surface area contributed by atoms with Gasteiger partial charge in [0.1, 0.15) is 0 Å². The van der Waals surface area contributed by atoms with Crippen molar-refractivity contribution in [3.63, 3.8) is 0 Å². The molecule has 0 fully saturated rings. The maximum Gasteiger partial charge on any atom is 0.313 e. The maximum absolute atomic E-state index is 11.8. The molecule has 0 aromatic heterocycles. The molecule has 0 aliphatic rings. The SMILES string of the molecule is Cc1cccc(NC(=O)C(=O)NCCC[NH+](C)C)c1C. The third-order valence-electron chi connectivity index (χ3n) is 3.20. The van der Waals surface area contributed by atoms with E-state index in [0.29, 0.717) is 12.2 Å². The van der Waals surface area contributed by atoms with Crippen LogP contribution in [0.3, 0.4) is 0 Å². The molecule has 1 aromatic carbocycles. The summed E-state index contributed by atoms with van der Waals surface area (Å²) in [7, 11) is 4.10. The highest BCUT2D eigenvalue weighted by atomic mass is 16.2. The van der Waals surface area contributed by atoms with Crippen molar-refractivity contribution in [3.05, 3.63) is 29.3 Å². The molecule has 110 valence electrons. The molecule has 0 aliphatic carbocycles. The van der Waals surface area contributed by atoms with E-state index in [4.69, 9.17) is 0 Å². The molecule has 0 heterocycles. The molecule has 20 heavy (non-hydrogen) atoms. The fourth-order valence-corrected chi connectivity index (χ4v) is 1.79. The Hall–Kier alpha value is -1.88. The lowest BCUT2D eigenvalue weighted by Gasteiger charge is -2.11. The van der Waals surface area contributed by atoms with Crippen LogP contribution in [0.4, 0.5) is 5.69 Å². The number of rotatable bonds is 5. The minimum absolute atomic E-state index is 0.518. The molecular weight excluding hydrogens is 254 g/mol. The van der Waals surface area contributed by atoms with Gasteiger partial charge in [-0.1, -0.05) is 12.1 Å². The Morgan fingerprint density at radius 1 is 1.15 bits per heavy atom. The van der Waals surface area contributed by atoms with E-state index in [1.54, 1.807) is 6.07 Å². The Kier molecular flexibility index (Phi) is 6.18. The number of carbonyl (C=O) groups is 2. The number of benzene rings is 1. The van der Waals surface area contributed by atoms with E-state index < -0.39 is 11.8 Å². The highest BCUT2D eigenvalue weighted by Gasteiger charge is 2.14. The Bertz CT molecular complexity index is 484. The standard InChI is InChI=1S/C15H23N3O2/c1-11-7-5-8-13(12(11)2)17-15(20)14(19)16-9-6-10-18(3)4/h5,7-8H,6,9-10H2,1-4H3,(H,16,19)(H,17,20)/p+1. The molecule has 0 spiro atoms. The number of carbonyl (C=O) groups excluding carboxylic acids is 2. The summed E-state index contributed by atoms with van der Waals surface area (Å²) in [5.74, 6) is -1.20. The first-order chi connectivity index (χ1) is 9.41. The van der Waals surface area contributed by atoms with Crippen molar-refractivity contribution in [2.24, 2.45) is 0 Å². The predicted molar refractivity (Wildman–Crippen MR) is 79.9 cm³/mol. The first-order valence-corrected chi connectivity index (χ1v) is 6.86. The molecule has 0 radical (unpaired) electrons. The summed E-state index contributed by atoms with van der Waals surface area (Å²) in [6.07, 6.45) is 0.852. The number of quaternary nitrogens is 1. The molecule has 1 aromatic rings. The number of amides is 2. The van der Waals surface area contributed by atoms with Crippen LogP contribution < -0.4 is 15.5 Å². The summed E-state index contributed by atoms with van der Waals surface area (Å²) in [5.41, 5.74) is 2.74. The molecule has 0 saturated carbocycles. The molecule has 0 aliphatic heterocycles. The molecular formula is C15H24N3O2+. The first kappa shape index (κ1) is 16.2. The molecule has 3 N–H and O–H groups in total. The van der Waals surface area contributed by atoms with Crippen molar-refractivity contribution in [2.45, 2.75) is 20.3 Å². The summed E-state index contributed by atoms with van der Waals surface area (Å²) in [6.45, 7) is 5.36. The number of hydrogen-bond donors (Lipinski definition) is 3. The van der Waals surface area contributed by atoms with Crippen LogP contribution in [0.1, 0.15) is 17.5 Å². The predicted octanol–water partition coefficient (Wildman–Crippen LogP) is -0.107. The van der Waals surface area contributed by atoms with Gasteiger partial charge in [0, 0.05) is 18.7 Å². The fourth-order valence-electron chi connectivity index (χ4n) is 1.79. The van der Waals surface area contributed by atoms with Crippen LogP contribution in [0, 0.1) is 13.8 Å². The van der Waals surface area contributed by atoms with Gasteiger partial charge < -0.3 is 15.5 Å². The summed E-state index contributed by atoms with van der Waals surface area (Å²) in [4.78, 5) is 24.8. The Balaban J connectivity index is 2.46. The summed E-state index contributed by atoms with van der Waals surface area (Å²) in [6, 6.07) is 5.62. The zero-order chi connectivity index (χ0) is 15.1. The second-order valence-electron chi connectivity index (χ2n) is 5.27. The number of aryl methyl sites for hydroxylation is 1. The molecule has 2 amide bonds. The topological polar surface area (TPSA) is 62.6 Å². The zero-order valence-electron chi connectivity index (χ0n) is 12.7. The van der Waals surface area contributed by atoms with Crippen molar-refractivity contribution < 1.29 is 14.5 Å². The van der Waals surface area contributed by atoms with Gasteiger partial charge in [-0.15, -0.1) is 0 Å². The first-order valence-electron chi connectivity index (χ1n) is 6.86. The molecule has 0 unspecified atom stereocenters. The van der Waals surface area contributed by atoms with Gasteiger partial charge in [0.25, 0.3) is 0 Å². The van der Waals surface area contributed by atoms with E-state index in [1.165, 1.54) is 4.90 Å². The molecule has 0 bridgehead atoms. The van der Waals surface area contributed by atoms with E-state index in [9.17, 15) is 9.59 Å². The molecule has 0 atom stereocenters. The van der Waals surface area contributed by atoms with Gasteiger partial charge in [0.15, 0.2) is 0 Å². The highest BCUT2D eigenvalue weighted by Crippen LogP contribution is 2.17. The van der Waals surface area contributed by atoms with Crippen molar-refractivity contribution in [1.29, 1.82) is 0 Å². The Morgan fingerprint density at radius 2 is 1.85 bits per heavy atom. The van der Waals surface area contributed by atoms with Crippen LogP contribution in [-0.4, -0.2) is 39.0 Å². The van der Waals surface area contributed by atoms with Gasteiger partial charge in [-0.05, 0) is 31.0 Å². The average molecular weight is 278 g/mol. The second-order valence-corrected chi connectivity index (χ2v) is 5.27. The van der Waals surface area contributed by atoms with Crippen LogP contribution in [0.25, 0.3) is 0 Å². The maximum atomic E-state index is 11.8. The second kappa shape index (κ2) is 7.65. The monoisotopic (exact) mass is 278 g/mol. The van der Waals surface area contributed by atoms with Crippen LogP contribution in [0.5, 0.6) is 0 Å². The normalized spacial score (nSPS) is 10.4. The average Bonchev–Trinajstić information content (AvgIpc) is 2.39. The molecule has 1 rings (SSSR count). The van der Waals surface area contributed by atoms with E-state index in [-0.39, 0.29) is 0 Å². The molecule has 5 heteroatoms.